The number of fused-ring (bicyclic) bond motifs is 1. The van der Waals surface area contributed by atoms with Gasteiger partial charge in [-0.1, -0.05) is 6.42 Å². The van der Waals surface area contributed by atoms with Crippen LogP contribution in [0.5, 0.6) is 5.75 Å². The molecule has 1 aliphatic rings. The number of nitrogens with zero attached hydrogens (tertiary/aromatic N) is 3. The molecule has 3 aromatic rings. The molecule has 0 N–H and O–H groups in total. The maximum atomic E-state index is 14.0. The third-order valence-electron chi connectivity index (χ3n) is 5.87. The van der Waals surface area contributed by atoms with Crippen molar-refractivity contribution in [3.63, 3.8) is 0 Å². The summed E-state index contributed by atoms with van der Waals surface area (Å²) in [7, 11) is 0. The van der Waals surface area contributed by atoms with Gasteiger partial charge in [0.25, 0.3) is 5.56 Å². The van der Waals surface area contributed by atoms with Crippen molar-refractivity contribution in [3.05, 3.63) is 64.0 Å². The third kappa shape index (κ3) is 5.03. The van der Waals surface area contributed by atoms with Crippen molar-refractivity contribution in [3.8, 4) is 11.4 Å². The molecule has 0 atom stereocenters. The number of hydrogen-bond donors (Lipinski definition) is 0. The van der Waals surface area contributed by atoms with Crippen molar-refractivity contribution < 1.29 is 22.3 Å². The zero-order valence-corrected chi connectivity index (χ0v) is 18.3. The van der Waals surface area contributed by atoms with Gasteiger partial charge in [-0.25, -0.2) is 9.37 Å². The molecule has 2 aromatic carbocycles. The molecule has 0 saturated carbocycles. The molecule has 9 heteroatoms. The van der Waals surface area contributed by atoms with Gasteiger partial charge in [0.2, 0.25) is 0 Å². The Morgan fingerprint density at radius 3 is 2.39 bits per heavy atom. The van der Waals surface area contributed by atoms with E-state index in [0.717, 1.165) is 36.7 Å². The molecule has 0 aliphatic carbocycles. The number of likely N-dealkylation sites (tertiary alicyclic amines) is 1. The highest BCUT2D eigenvalue weighted by atomic mass is 19.4. The minimum Gasteiger partial charge on any atom is -0.494 e. The first-order valence-corrected chi connectivity index (χ1v) is 11.0. The third-order valence-corrected chi connectivity index (χ3v) is 5.87. The lowest BCUT2D eigenvalue weighted by atomic mass is 10.1. The first-order chi connectivity index (χ1) is 15.8. The summed E-state index contributed by atoms with van der Waals surface area (Å²) in [5.74, 6) is -0.709. The van der Waals surface area contributed by atoms with Crippen molar-refractivity contribution in [1.82, 2.24) is 14.5 Å². The van der Waals surface area contributed by atoms with Gasteiger partial charge in [0.15, 0.2) is 0 Å². The van der Waals surface area contributed by atoms with Gasteiger partial charge in [-0.2, -0.15) is 13.2 Å². The van der Waals surface area contributed by atoms with Crippen LogP contribution in [0, 0.1) is 12.7 Å². The van der Waals surface area contributed by atoms with Crippen LogP contribution in [0.25, 0.3) is 16.6 Å². The number of halogens is 4. The van der Waals surface area contributed by atoms with Crippen LogP contribution in [-0.2, 0) is 6.18 Å². The molecule has 0 unspecified atom stereocenters. The Bertz CT molecular complexity index is 1180. The zero-order valence-electron chi connectivity index (χ0n) is 18.3. The van der Waals surface area contributed by atoms with E-state index in [1.807, 2.05) is 0 Å². The van der Waals surface area contributed by atoms with Crippen LogP contribution in [-0.4, -0.2) is 40.7 Å². The predicted octanol–water partition coefficient (Wildman–Crippen LogP) is 5.11. The maximum Gasteiger partial charge on any atom is 0.420 e. The van der Waals surface area contributed by atoms with Gasteiger partial charge in [-0.15, -0.1) is 0 Å². The summed E-state index contributed by atoms with van der Waals surface area (Å²) >= 11 is 0. The second-order valence-electron chi connectivity index (χ2n) is 8.21. The number of aromatic nitrogens is 2. The van der Waals surface area contributed by atoms with Crippen molar-refractivity contribution >= 4 is 10.9 Å². The van der Waals surface area contributed by atoms with Gasteiger partial charge in [0.05, 0.1) is 23.2 Å². The van der Waals surface area contributed by atoms with Crippen LogP contribution in [0.15, 0.2) is 41.2 Å². The van der Waals surface area contributed by atoms with E-state index in [9.17, 15) is 22.4 Å². The lowest BCUT2D eigenvalue weighted by molar-refractivity contribution is -0.138. The fourth-order valence-corrected chi connectivity index (χ4v) is 4.29. The van der Waals surface area contributed by atoms with Crippen LogP contribution < -0.4 is 10.3 Å². The van der Waals surface area contributed by atoms with Crippen LogP contribution in [0.4, 0.5) is 17.6 Å². The average Bonchev–Trinajstić information content (AvgIpc) is 2.78. The summed E-state index contributed by atoms with van der Waals surface area (Å²) in [6, 6.07) is 8.23. The number of benzene rings is 2. The normalized spacial score (nSPS) is 15.2. The number of rotatable bonds is 6. The van der Waals surface area contributed by atoms with E-state index in [1.54, 1.807) is 24.3 Å². The second kappa shape index (κ2) is 9.51. The van der Waals surface area contributed by atoms with E-state index in [-0.39, 0.29) is 11.3 Å². The fraction of sp³-hybridized carbons (Fsp3) is 0.417. The molecule has 2 heterocycles. The van der Waals surface area contributed by atoms with E-state index in [2.05, 4.69) is 9.88 Å². The maximum absolute atomic E-state index is 14.0. The molecule has 0 bridgehead atoms. The summed E-state index contributed by atoms with van der Waals surface area (Å²) in [6.45, 7) is 5.29. The number of ether oxygens (including phenoxy) is 1. The predicted molar refractivity (Wildman–Crippen MR) is 117 cm³/mol. The minimum absolute atomic E-state index is 0.197. The molecule has 1 saturated heterocycles. The fourth-order valence-electron chi connectivity index (χ4n) is 4.29. The van der Waals surface area contributed by atoms with E-state index in [1.165, 1.54) is 26.2 Å². The van der Waals surface area contributed by atoms with Gasteiger partial charge in [0.1, 0.15) is 23.0 Å². The van der Waals surface area contributed by atoms with E-state index in [4.69, 9.17) is 4.74 Å². The minimum atomic E-state index is -5.02. The van der Waals surface area contributed by atoms with Crippen LogP contribution >= 0.6 is 0 Å². The van der Waals surface area contributed by atoms with Gasteiger partial charge < -0.3 is 9.64 Å². The largest absolute Gasteiger partial charge is 0.494 e. The van der Waals surface area contributed by atoms with E-state index in [0.29, 0.717) is 24.1 Å². The van der Waals surface area contributed by atoms with E-state index >= 15 is 0 Å². The van der Waals surface area contributed by atoms with E-state index < -0.39 is 28.5 Å². The highest BCUT2D eigenvalue weighted by Gasteiger charge is 2.38. The van der Waals surface area contributed by atoms with Gasteiger partial charge in [-0.05, 0) is 75.7 Å². The van der Waals surface area contributed by atoms with Crippen LogP contribution in [0.3, 0.4) is 0 Å². The highest BCUT2D eigenvalue weighted by Crippen LogP contribution is 2.35. The number of alkyl halides is 3. The summed E-state index contributed by atoms with van der Waals surface area (Å²) in [6.07, 6.45) is -0.366. The Morgan fingerprint density at radius 1 is 1.03 bits per heavy atom. The molecule has 1 aliphatic heterocycles. The Hall–Kier alpha value is -2.94. The van der Waals surface area contributed by atoms with Crippen molar-refractivity contribution in [1.29, 1.82) is 0 Å². The van der Waals surface area contributed by atoms with Crippen molar-refractivity contribution in [2.45, 2.75) is 38.8 Å². The zero-order chi connectivity index (χ0) is 23.6. The molecule has 0 radical (unpaired) electrons. The Balaban J connectivity index is 1.55. The van der Waals surface area contributed by atoms with Gasteiger partial charge in [0, 0.05) is 6.54 Å². The first kappa shape index (κ1) is 23.2. The smallest absolute Gasteiger partial charge is 0.420 e. The Labute approximate surface area is 188 Å². The molecule has 1 aromatic heterocycles. The number of hydrogen-bond acceptors (Lipinski definition) is 4. The molecule has 5 nitrogen and oxygen atoms in total. The second-order valence-corrected chi connectivity index (χ2v) is 8.21. The number of aryl methyl sites for hydroxylation is 1. The quantitative estimate of drug-likeness (QED) is 0.377. The summed E-state index contributed by atoms with van der Waals surface area (Å²) in [4.78, 5) is 19.6. The SMILES string of the molecule is Cc1nc2ccc(F)c(C(F)(F)F)c2c(=O)n1-c1ccc(OCCCN2CCCCC2)cc1. The summed E-state index contributed by atoms with van der Waals surface area (Å²) < 4.78 is 61.3. The molecule has 33 heavy (non-hydrogen) atoms. The highest BCUT2D eigenvalue weighted by molar-refractivity contribution is 5.82. The monoisotopic (exact) mass is 463 g/mol. The average molecular weight is 463 g/mol. The topological polar surface area (TPSA) is 47.4 Å². The van der Waals surface area contributed by atoms with Gasteiger partial charge in [-0.3, -0.25) is 9.36 Å². The van der Waals surface area contributed by atoms with Crippen LogP contribution in [0.1, 0.15) is 37.1 Å². The molecular weight excluding hydrogens is 438 g/mol. The molecule has 0 amide bonds. The van der Waals surface area contributed by atoms with Crippen molar-refractivity contribution in [2.75, 3.05) is 26.2 Å². The number of piperidine rings is 1. The van der Waals surface area contributed by atoms with Gasteiger partial charge >= 0.3 is 6.18 Å². The Morgan fingerprint density at radius 2 is 1.73 bits per heavy atom. The molecule has 0 spiro atoms. The Kier molecular flexibility index (Phi) is 6.69. The molecular formula is C24H25F4N3O2. The first-order valence-electron chi connectivity index (χ1n) is 11.0. The van der Waals surface area contributed by atoms with Crippen molar-refractivity contribution in [2.24, 2.45) is 0 Å². The molecule has 4 rings (SSSR count). The lowest BCUT2D eigenvalue weighted by Crippen LogP contribution is -2.31. The standard InChI is InChI=1S/C24H25F4N3O2/c1-16-29-20-11-10-19(25)22(24(26,27)28)21(20)23(32)31(16)17-6-8-18(9-7-17)33-15-5-14-30-12-3-2-4-13-30/h6-11H,2-5,12-15H2,1H3. The summed E-state index contributed by atoms with van der Waals surface area (Å²) in [5.41, 5.74) is -2.44. The lowest BCUT2D eigenvalue weighted by Gasteiger charge is -2.26. The summed E-state index contributed by atoms with van der Waals surface area (Å²) in [5, 5.41) is -0.786. The molecule has 176 valence electrons. The molecule has 1 fully saturated rings. The van der Waals surface area contributed by atoms with Crippen LogP contribution in [0.2, 0.25) is 0 Å².